The van der Waals surface area contributed by atoms with Gasteiger partial charge in [-0.05, 0) is 16.7 Å². The van der Waals surface area contributed by atoms with Crippen molar-refractivity contribution in [3.8, 4) is 0 Å². The molecule has 0 aliphatic carbocycles. The summed E-state index contributed by atoms with van der Waals surface area (Å²) in [6, 6.07) is 0. The van der Waals surface area contributed by atoms with Gasteiger partial charge < -0.3 is 0 Å². The molecule has 0 aromatic carbocycles. The van der Waals surface area contributed by atoms with Crippen LogP contribution in [-0.2, 0) is 0 Å². The van der Waals surface area contributed by atoms with E-state index in [-0.39, 0.29) is 0 Å². The zero-order valence-electron chi connectivity index (χ0n) is 6.86. The summed E-state index contributed by atoms with van der Waals surface area (Å²) in [6.07, 6.45) is 1.22. The molecule has 0 nitrogen and oxygen atoms in total. The molecule has 0 spiro atoms. The lowest BCUT2D eigenvalue weighted by Gasteiger charge is -2.28. The fourth-order valence-corrected chi connectivity index (χ4v) is 2.37. The molecule has 0 aliphatic rings. The van der Waals surface area contributed by atoms with Crippen molar-refractivity contribution >= 4 is 18.5 Å². The Hall–Kier alpha value is 0.860. The minimum absolute atomic E-state index is 0.318. The Morgan fingerprint density at radius 1 is 1.00 bits per heavy atom. The van der Waals surface area contributed by atoms with Gasteiger partial charge in [-0.2, -0.15) is 0 Å². The van der Waals surface area contributed by atoms with Gasteiger partial charge in [0.05, 0.1) is 0 Å². The van der Waals surface area contributed by atoms with Gasteiger partial charge in [0, 0.05) is 0 Å². The van der Waals surface area contributed by atoms with Crippen LogP contribution in [0.3, 0.4) is 0 Å². The molecule has 0 aromatic heterocycles. The molecule has 0 aromatic rings. The van der Waals surface area contributed by atoms with Crippen LogP contribution in [0.4, 0.5) is 0 Å². The predicted molar refractivity (Wildman–Crippen MR) is 51.9 cm³/mol. The molecular weight excluding hydrogens is 146 g/mol. The third-order valence-corrected chi connectivity index (χ3v) is 1.32. The van der Waals surface area contributed by atoms with Gasteiger partial charge in [-0.1, -0.05) is 27.7 Å². The van der Waals surface area contributed by atoms with Gasteiger partial charge >= 0.3 is 0 Å². The molecule has 0 saturated carbocycles. The molecule has 2 unspecified atom stereocenters. The Balaban J connectivity index is 3.75. The zero-order valence-corrected chi connectivity index (χ0v) is 9.17. The maximum Gasteiger partial charge on any atom is -0.00300 e. The fraction of sp³-hybridized carbons (Fsp3) is 1.00. The normalized spacial score (nSPS) is 14.0. The number of rotatable bonds is 1. The maximum atomic E-state index is 2.84. The average Bonchev–Trinajstić information content (AvgIpc) is 1.14. The number of hydrogen-bond donors (Lipinski definition) is 0. The summed E-state index contributed by atoms with van der Waals surface area (Å²) in [5.74, 6) is 0. The van der Waals surface area contributed by atoms with Crippen LogP contribution in [0.1, 0.15) is 34.1 Å². The lowest BCUT2D eigenvalue weighted by Crippen LogP contribution is -2.16. The van der Waals surface area contributed by atoms with Gasteiger partial charge in [-0.3, -0.25) is 0 Å². The molecule has 0 amide bonds. The highest BCUT2D eigenvalue weighted by molar-refractivity contribution is 7.39. The molecule has 2 heteroatoms. The summed E-state index contributed by atoms with van der Waals surface area (Å²) in [5.41, 5.74) is 0.443. The van der Waals surface area contributed by atoms with Gasteiger partial charge in [-0.15, -0.1) is 18.5 Å². The van der Waals surface area contributed by atoms with E-state index in [1.165, 1.54) is 6.42 Å². The van der Waals surface area contributed by atoms with Crippen molar-refractivity contribution in [2.24, 2.45) is 5.41 Å². The van der Waals surface area contributed by atoms with Crippen LogP contribution in [0, 0.1) is 5.41 Å². The van der Waals surface area contributed by atoms with Crippen LogP contribution in [0.5, 0.6) is 0 Å². The van der Waals surface area contributed by atoms with Gasteiger partial charge in [0.15, 0.2) is 0 Å². The highest BCUT2D eigenvalue weighted by Gasteiger charge is 2.20. The molecular formula is C7H18P2. The molecule has 0 N–H and O–H groups in total. The van der Waals surface area contributed by atoms with Crippen molar-refractivity contribution in [2.45, 2.75) is 39.0 Å². The van der Waals surface area contributed by atoms with Crippen molar-refractivity contribution in [3.63, 3.8) is 0 Å². The molecule has 0 radical (unpaired) electrons. The second-order valence-corrected chi connectivity index (χ2v) is 7.55. The molecule has 56 valence electrons. The summed E-state index contributed by atoms with van der Waals surface area (Å²) in [4.78, 5) is 0.318. The highest BCUT2D eigenvalue weighted by Crippen LogP contribution is 2.38. The minimum Gasteiger partial charge on any atom is -0.127 e. The topological polar surface area (TPSA) is 0 Å². The second-order valence-electron chi connectivity index (χ2n) is 4.24. The summed E-state index contributed by atoms with van der Waals surface area (Å²) in [7, 11) is 5.68. The molecule has 0 rings (SSSR count). The third-order valence-electron chi connectivity index (χ3n) is 0.911. The van der Waals surface area contributed by atoms with Crippen molar-refractivity contribution < 1.29 is 0 Å². The quantitative estimate of drug-likeness (QED) is 0.523. The van der Waals surface area contributed by atoms with Gasteiger partial charge in [0.25, 0.3) is 0 Å². The molecule has 0 heterocycles. The van der Waals surface area contributed by atoms with Crippen LogP contribution in [-0.4, -0.2) is 4.90 Å². The first-order valence-electron chi connectivity index (χ1n) is 3.28. The van der Waals surface area contributed by atoms with E-state index in [1.54, 1.807) is 0 Å². The van der Waals surface area contributed by atoms with E-state index in [9.17, 15) is 0 Å². The van der Waals surface area contributed by atoms with E-state index in [0.717, 1.165) is 0 Å². The van der Waals surface area contributed by atoms with Crippen LogP contribution in [0.25, 0.3) is 0 Å². The summed E-state index contributed by atoms with van der Waals surface area (Å²) in [5, 5.41) is 0. The highest BCUT2D eigenvalue weighted by atomic mass is 31.1. The Bertz CT molecular complexity index is 72.1. The van der Waals surface area contributed by atoms with Gasteiger partial charge in [0.1, 0.15) is 0 Å². The first kappa shape index (κ1) is 9.86. The molecule has 0 bridgehead atoms. The molecule has 0 fully saturated rings. The van der Waals surface area contributed by atoms with E-state index >= 15 is 0 Å². The standard InChI is InChI=1S/C7H18P2/c1-6(2,3)5-7(4,8)9/h5,8-9H2,1-4H3. The summed E-state index contributed by atoms with van der Waals surface area (Å²) in [6.45, 7) is 9.01. The van der Waals surface area contributed by atoms with Crippen molar-refractivity contribution in [1.29, 1.82) is 0 Å². The van der Waals surface area contributed by atoms with Crippen LogP contribution < -0.4 is 0 Å². The predicted octanol–water partition coefficient (Wildman–Crippen LogP) is 2.89. The van der Waals surface area contributed by atoms with Crippen LogP contribution in [0.2, 0.25) is 0 Å². The number of hydrogen-bond acceptors (Lipinski definition) is 0. The van der Waals surface area contributed by atoms with Crippen molar-refractivity contribution in [2.75, 3.05) is 0 Å². The largest absolute Gasteiger partial charge is 0.127 e. The molecule has 2 atom stereocenters. The fourth-order valence-electron chi connectivity index (χ4n) is 1.14. The van der Waals surface area contributed by atoms with Crippen molar-refractivity contribution in [3.05, 3.63) is 0 Å². The van der Waals surface area contributed by atoms with Gasteiger partial charge in [-0.25, -0.2) is 0 Å². The first-order valence-corrected chi connectivity index (χ1v) is 4.44. The Morgan fingerprint density at radius 2 is 1.33 bits per heavy atom. The van der Waals surface area contributed by atoms with E-state index in [1.807, 2.05) is 0 Å². The molecule has 9 heavy (non-hydrogen) atoms. The van der Waals surface area contributed by atoms with Gasteiger partial charge in [0.2, 0.25) is 0 Å². The maximum absolute atomic E-state index is 2.84. The van der Waals surface area contributed by atoms with Crippen LogP contribution in [0.15, 0.2) is 0 Å². The molecule has 0 saturated heterocycles. The Morgan fingerprint density at radius 3 is 1.33 bits per heavy atom. The lowest BCUT2D eigenvalue weighted by molar-refractivity contribution is 0.368. The zero-order chi connectivity index (χ0) is 7.71. The lowest BCUT2D eigenvalue weighted by atomic mass is 9.90. The Kier molecular flexibility index (Phi) is 3.12. The summed E-state index contributed by atoms with van der Waals surface area (Å²) >= 11 is 0. The van der Waals surface area contributed by atoms with E-state index in [0.29, 0.717) is 10.3 Å². The average molecular weight is 164 g/mol. The molecule has 0 aliphatic heterocycles. The van der Waals surface area contributed by atoms with E-state index in [4.69, 9.17) is 0 Å². The van der Waals surface area contributed by atoms with Crippen molar-refractivity contribution in [1.82, 2.24) is 0 Å². The minimum atomic E-state index is 0.318. The van der Waals surface area contributed by atoms with Crippen LogP contribution >= 0.6 is 18.5 Å². The third kappa shape index (κ3) is 8.86. The second kappa shape index (κ2) is 2.85. The monoisotopic (exact) mass is 164 g/mol. The van der Waals surface area contributed by atoms with E-state index in [2.05, 4.69) is 46.2 Å². The van der Waals surface area contributed by atoms with E-state index < -0.39 is 0 Å². The smallest absolute Gasteiger partial charge is 0.00300 e. The SMILES string of the molecule is CC(C)(C)CC(C)(P)P. The Labute approximate surface area is 63.6 Å². The first-order chi connectivity index (χ1) is 3.71. The summed E-state index contributed by atoms with van der Waals surface area (Å²) < 4.78 is 0.